The first-order valence-corrected chi connectivity index (χ1v) is 23.2. The van der Waals surface area contributed by atoms with E-state index in [1.165, 1.54) is 20.8 Å². The number of aromatic nitrogens is 2. The lowest BCUT2D eigenvalue weighted by Crippen LogP contribution is -2.68. The van der Waals surface area contributed by atoms with Crippen LogP contribution in [-0.2, 0) is 0 Å². The lowest BCUT2D eigenvalue weighted by Gasteiger charge is -2.36. The average molecular weight is 821 g/mol. The average Bonchev–Trinajstić information content (AvgIpc) is 3.91. The molecule has 0 N–H and O–H groups in total. The van der Waals surface area contributed by atoms with Gasteiger partial charge in [-0.1, -0.05) is 127 Å². The third-order valence-electron chi connectivity index (χ3n) is 13.0. The zero-order chi connectivity index (χ0) is 42.1. The molecule has 0 saturated carbocycles. The van der Waals surface area contributed by atoms with Crippen molar-refractivity contribution in [2.75, 3.05) is 0 Å². The van der Waals surface area contributed by atoms with Crippen molar-refractivity contribution >= 4 is 89.2 Å². The van der Waals surface area contributed by atoms with Crippen LogP contribution in [0.25, 0.3) is 76.9 Å². The van der Waals surface area contributed by atoms with Crippen LogP contribution < -0.4 is 15.6 Å². The summed E-state index contributed by atoms with van der Waals surface area (Å²) in [6.45, 7) is 0. The Morgan fingerprint density at radius 1 is 0.460 bits per heavy atom. The van der Waals surface area contributed by atoms with Gasteiger partial charge in [-0.25, -0.2) is 0 Å². The molecule has 11 aromatic rings. The van der Waals surface area contributed by atoms with E-state index in [0.29, 0.717) is 11.1 Å². The number of nitriles is 2. The number of fused-ring (bicyclic) bond motifs is 10. The smallest absolute Gasteiger partial charge is 0.176 e. The molecule has 1 aliphatic carbocycles. The Labute approximate surface area is 364 Å². The van der Waals surface area contributed by atoms with Gasteiger partial charge in [0.05, 0.1) is 50.7 Å². The number of benzene rings is 8. The number of furan rings is 1. The van der Waals surface area contributed by atoms with Crippen LogP contribution in [0.2, 0.25) is 0 Å². The molecule has 3 aromatic heterocycles. The summed E-state index contributed by atoms with van der Waals surface area (Å²) in [5.74, 6) is 0. The van der Waals surface area contributed by atoms with Crippen molar-refractivity contribution < 1.29 is 4.42 Å². The van der Waals surface area contributed by atoms with Crippen LogP contribution in [0.3, 0.4) is 0 Å². The minimum Gasteiger partial charge on any atom is -0.455 e. The molecule has 12 rings (SSSR count). The van der Waals surface area contributed by atoms with Gasteiger partial charge in [0.15, 0.2) is 8.07 Å². The minimum atomic E-state index is -3.00. The summed E-state index contributed by atoms with van der Waals surface area (Å²) >= 11 is 0. The Kier molecular flexibility index (Phi) is 8.30. The molecule has 0 amide bonds. The highest BCUT2D eigenvalue weighted by molar-refractivity contribution is 7.16. The van der Waals surface area contributed by atoms with Crippen LogP contribution in [-0.4, -0.2) is 17.2 Å². The van der Waals surface area contributed by atoms with Crippen LogP contribution in [0.1, 0.15) is 17.5 Å². The number of allylic oxidation sites excluding steroid dienone is 6. The molecule has 6 heteroatoms. The largest absolute Gasteiger partial charge is 0.455 e. The van der Waals surface area contributed by atoms with Crippen molar-refractivity contribution in [2.45, 2.75) is 6.42 Å². The number of para-hydroxylation sites is 2. The Hall–Kier alpha value is -8.42. The lowest BCUT2D eigenvalue weighted by atomic mass is 10.1. The van der Waals surface area contributed by atoms with Crippen LogP contribution >= 0.6 is 0 Å². The van der Waals surface area contributed by atoms with E-state index in [1.54, 1.807) is 0 Å². The fraction of sp³-hybridized carbons (Fsp3) is 0.0175. The molecule has 0 bridgehead atoms. The molecule has 1 atom stereocenters. The van der Waals surface area contributed by atoms with E-state index in [0.717, 1.165) is 83.3 Å². The van der Waals surface area contributed by atoms with Crippen molar-refractivity contribution in [3.8, 4) is 23.5 Å². The third kappa shape index (κ3) is 5.46. The first-order chi connectivity index (χ1) is 31.1. The predicted octanol–water partition coefficient (Wildman–Crippen LogP) is 12.0. The first kappa shape index (κ1) is 36.4. The SMILES string of the molecule is N#Cc1ccc2c(c1)c1cc(C#N)ccc1n2-c1cccc([Si](C2=CC=CC=CC2)(c2ccccc2)c2ccc(-n3c4ccccc4c4c5oc6ccccc6c5ccc43)cc2)c1. The maximum atomic E-state index is 9.88. The number of hydrogen-bond donors (Lipinski definition) is 0. The topological polar surface area (TPSA) is 70.6 Å². The molecule has 5 nitrogen and oxygen atoms in total. The van der Waals surface area contributed by atoms with Gasteiger partial charge in [-0.2, -0.15) is 10.5 Å². The summed E-state index contributed by atoms with van der Waals surface area (Å²) in [7, 11) is -3.00. The van der Waals surface area contributed by atoms with Gasteiger partial charge >= 0.3 is 0 Å². The first-order valence-electron chi connectivity index (χ1n) is 21.2. The maximum absolute atomic E-state index is 9.88. The van der Waals surface area contributed by atoms with E-state index in [9.17, 15) is 10.5 Å². The Balaban J connectivity index is 1.10. The highest BCUT2D eigenvalue weighted by Crippen LogP contribution is 2.41. The zero-order valence-electron chi connectivity index (χ0n) is 34.0. The third-order valence-corrected chi connectivity index (χ3v) is 17.9. The molecule has 3 heterocycles. The maximum Gasteiger partial charge on any atom is 0.176 e. The van der Waals surface area contributed by atoms with Gasteiger partial charge in [-0.05, 0) is 107 Å². The second kappa shape index (κ2) is 14.4. The summed E-state index contributed by atoms with van der Waals surface area (Å²) in [6.07, 6.45) is 11.9. The fourth-order valence-corrected chi connectivity index (χ4v) is 15.2. The standard InChI is InChI=1S/C57H36N4OSi/c58-36-38-23-30-52-49(33-38)50-34-39(37-59)24-31-53(50)61(52)41-13-12-18-45(35-41)63(43-16-6-3-7-17-43,42-14-4-1-2-5-15-42)44-27-25-40(26-28-44)60-51-21-10-8-20-48(51)56-54(60)32-29-47-46-19-9-11-22-55(46)62-57(47)56/h1-14,16-35H,15H2. The number of hydrogen-bond acceptors (Lipinski definition) is 3. The van der Waals surface area contributed by atoms with Gasteiger partial charge in [-0.3, -0.25) is 0 Å². The predicted molar refractivity (Wildman–Crippen MR) is 260 cm³/mol. The van der Waals surface area contributed by atoms with Crippen LogP contribution in [0, 0.1) is 22.7 Å². The highest BCUT2D eigenvalue weighted by Gasteiger charge is 2.43. The molecule has 1 aliphatic rings. The second-order valence-corrected chi connectivity index (χ2v) is 20.1. The van der Waals surface area contributed by atoms with E-state index in [1.807, 2.05) is 48.5 Å². The van der Waals surface area contributed by atoms with Crippen molar-refractivity contribution in [3.05, 3.63) is 223 Å². The van der Waals surface area contributed by atoms with E-state index in [-0.39, 0.29) is 0 Å². The Morgan fingerprint density at radius 2 is 1.10 bits per heavy atom. The van der Waals surface area contributed by atoms with Crippen molar-refractivity contribution in [1.82, 2.24) is 9.13 Å². The van der Waals surface area contributed by atoms with Crippen LogP contribution in [0.15, 0.2) is 216 Å². The normalized spacial score (nSPS) is 13.7. The number of rotatable bonds is 6. The van der Waals surface area contributed by atoms with Gasteiger partial charge in [0.1, 0.15) is 11.2 Å². The monoisotopic (exact) mass is 820 g/mol. The summed E-state index contributed by atoms with van der Waals surface area (Å²) in [5.41, 5.74) is 9.28. The fourth-order valence-electron chi connectivity index (χ4n) is 10.3. The van der Waals surface area contributed by atoms with E-state index >= 15 is 0 Å². The van der Waals surface area contributed by atoms with Crippen LogP contribution in [0.5, 0.6) is 0 Å². The van der Waals surface area contributed by atoms with E-state index in [2.05, 4.69) is 179 Å². The second-order valence-electron chi connectivity index (χ2n) is 16.2. The molecule has 0 aliphatic heterocycles. The quantitative estimate of drug-likeness (QED) is 0.124. The molecule has 0 spiro atoms. The van der Waals surface area contributed by atoms with Crippen molar-refractivity contribution in [3.63, 3.8) is 0 Å². The molecule has 294 valence electrons. The molecule has 1 unspecified atom stereocenters. The van der Waals surface area contributed by atoms with Gasteiger partial charge < -0.3 is 13.6 Å². The van der Waals surface area contributed by atoms with Crippen LogP contribution in [0.4, 0.5) is 0 Å². The minimum absolute atomic E-state index is 0.585. The van der Waals surface area contributed by atoms with E-state index < -0.39 is 8.07 Å². The molecule has 0 radical (unpaired) electrons. The molecule has 0 fully saturated rings. The molecule has 63 heavy (non-hydrogen) atoms. The summed E-state index contributed by atoms with van der Waals surface area (Å²) in [4.78, 5) is 0. The lowest BCUT2D eigenvalue weighted by molar-refractivity contribution is 0.673. The van der Waals surface area contributed by atoms with Gasteiger partial charge in [0.2, 0.25) is 0 Å². The van der Waals surface area contributed by atoms with Crippen molar-refractivity contribution in [1.29, 1.82) is 10.5 Å². The number of nitrogens with zero attached hydrogens (tertiary/aromatic N) is 4. The summed E-state index contributed by atoms with van der Waals surface area (Å²) < 4.78 is 11.3. The summed E-state index contributed by atoms with van der Waals surface area (Å²) in [5, 5.41) is 31.4. The molecule has 0 saturated heterocycles. The summed E-state index contributed by atoms with van der Waals surface area (Å²) in [6, 6.07) is 67.2. The van der Waals surface area contributed by atoms with Gasteiger partial charge in [0.25, 0.3) is 0 Å². The molecule has 8 aromatic carbocycles. The van der Waals surface area contributed by atoms with Gasteiger partial charge in [-0.15, -0.1) is 0 Å². The zero-order valence-corrected chi connectivity index (χ0v) is 35.0. The molecular weight excluding hydrogens is 785 g/mol. The highest BCUT2D eigenvalue weighted by atomic mass is 28.3. The molecular formula is C57H36N4OSi. The van der Waals surface area contributed by atoms with Crippen molar-refractivity contribution in [2.24, 2.45) is 0 Å². The Morgan fingerprint density at radius 3 is 1.86 bits per heavy atom. The van der Waals surface area contributed by atoms with Gasteiger partial charge in [0, 0.05) is 38.3 Å². The van der Waals surface area contributed by atoms with E-state index in [4.69, 9.17) is 4.42 Å². The Bertz CT molecular complexity index is 3780.